The van der Waals surface area contributed by atoms with Crippen LogP contribution in [-0.4, -0.2) is 67.4 Å². The first-order valence-corrected chi connectivity index (χ1v) is 11.5. The van der Waals surface area contributed by atoms with Crippen LogP contribution in [0.2, 0.25) is 0 Å². The fourth-order valence-electron chi connectivity index (χ4n) is 4.76. The van der Waals surface area contributed by atoms with E-state index in [4.69, 9.17) is 14.6 Å². The number of fused-ring (bicyclic) bond motifs is 3. The third-order valence-corrected chi connectivity index (χ3v) is 6.59. The van der Waals surface area contributed by atoms with Gasteiger partial charge in [0.25, 0.3) is 0 Å². The fourth-order valence-corrected chi connectivity index (χ4v) is 4.76. The number of ether oxygens (including phenoxy) is 2. The number of nitrogens with one attached hydrogen (secondary N) is 1. The number of benzene rings is 2. The van der Waals surface area contributed by atoms with Crippen LogP contribution in [0.4, 0.5) is 4.79 Å². The topological polar surface area (TPSA) is 105 Å². The smallest absolute Gasteiger partial charge is 0.407 e. The minimum Gasteiger partial charge on any atom is -0.481 e. The summed E-state index contributed by atoms with van der Waals surface area (Å²) in [6, 6.07) is 16.3. The van der Waals surface area contributed by atoms with Crippen LogP contribution in [0.5, 0.6) is 0 Å². The van der Waals surface area contributed by atoms with E-state index in [1.807, 2.05) is 24.3 Å². The Morgan fingerprint density at radius 2 is 1.74 bits per heavy atom. The zero-order chi connectivity index (χ0) is 24.2. The molecule has 2 aliphatic rings. The Bertz CT molecular complexity index is 1030. The fraction of sp³-hybridized carbons (Fsp3) is 0.423. The van der Waals surface area contributed by atoms with Crippen molar-refractivity contribution in [1.82, 2.24) is 10.2 Å². The second-order valence-corrected chi connectivity index (χ2v) is 9.05. The number of amides is 2. The number of rotatable bonds is 8. The zero-order valence-corrected chi connectivity index (χ0v) is 19.4. The van der Waals surface area contributed by atoms with Gasteiger partial charge in [0.05, 0.1) is 24.5 Å². The van der Waals surface area contributed by atoms with Gasteiger partial charge >= 0.3 is 12.1 Å². The number of hydrogen-bond donors (Lipinski definition) is 2. The van der Waals surface area contributed by atoms with E-state index in [0.29, 0.717) is 6.42 Å². The van der Waals surface area contributed by atoms with E-state index in [-0.39, 0.29) is 50.2 Å². The molecule has 4 rings (SSSR count). The van der Waals surface area contributed by atoms with Gasteiger partial charge in [0.15, 0.2) is 0 Å². The number of aliphatic carboxylic acids is 1. The van der Waals surface area contributed by atoms with Crippen molar-refractivity contribution in [2.75, 3.05) is 33.4 Å². The average Bonchev–Trinajstić information content (AvgIpc) is 3.44. The van der Waals surface area contributed by atoms with E-state index in [2.05, 4.69) is 29.6 Å². The summed E-state index contributed by atoms with van der Waals surface area (Å²) >= 11 is 0. The normalized spacial score (nSPS) is 19.7. The summed E-state index contributed by atoms with van der Waals surface area (Å²) in [5.74, 6) is -2.07. The minimum absolute atomic E-state index is 0.00777. The predicted molar refractivity (Wildman–Crippen MR) is 125 cm³/mol. The van der Waals surface area contributed by atoms with Crippen molar-refractivity contribution in [3.63, 3.8) is 0 Å². The first-order chi connectivity index (χ1) is 16.3. The Balaban J connectivity index is 1.24. The highest BCUT2D eigenvalue weighted by Gasteiger charge is 2.34. The quantitative estimate of drug-likeness (QED) is 0.619. The summed E-state index contributed by atoms with van der Waals surface area (Å²) in [6.07, 6.45) is -0.346. The molecule has 2 aromatic carbocycles. The summed E-state index contributed by atoms with van der Waals surface area (Å²) in [5.41, 5.74) is 4.64. The number of carbonyl (C=O) groups is 3. The number of carboxylic acid groups (broad SMARTS) is 1. The Hall–Kier alpha value is -3.39. The summed E-state index contributed by atoms with van der Waals surface area (Å²) in [7, 11) is 1.60. The molecule has 0 aromatic heterocycles. The Kier molecular flexibility index (Phi) is 7.17. The molecule has 3 unspecified atom stereocenters. The van der Waals surface area contributed by atoms with Gasteiger partial charge in [0.2, 0.25) is 5.91 Å². The van der Waals surface area contributed by atoms with Crippen LogP contribution in [0, 0.1) is 11.8 Å². The third-order valence-electron chi connectivity index (χ3n) is 6.59. The molecular weight excluding hydrogens is 436 g/mol. The molecule has 2 N–H and O–H groups in total. The van der Waals surface area contributed by atoms with Gasteiger partial charge in [-0.05, 0) is 28.7 Å². The van der Waals surface area contributed by atoms with Crippen LogP contribution in [0.15, 0.2) is 48.5 Å². The molecule has 8 nitrogen and oxygen atoms in total. The maximum atomic E-state index is 12.6. The number of hydrogen-bond acceptors (Lipinski definition) is 5. The van der Waals surface area contributed by atoms with Gasteiger partial charge in [-0.3, -0.25) is 9.59 Å². The molecular formula is C26H30N2O6. The highest BCUT2D eigenvalue weighted by atomic mass is 16.5. The van der Waals surface area contributed by atoms with Crippen molar-refractivity contribution >= 4 is 18.0 Å². The van der Waals surface area contributed by atoms with Gasteiger partial charge in [-0.15, -0.1) is 0 Å². The van der Waals surface area contributed by atoms with Crippen LogP contribution >= 0.6 is 0 Å². The molecule has 1 heterocycles. The molecule has 1 aliphatic carbocycles. The van der Waals surface area contributed by atoms with Crippen molar-refractivity contribution < 1.29 is 29.0 Å². The van der Waals surface area contributed by atoms with Crippen LogP contribution in [0.25, 0.3) is 11.1 Å². The third kappa shape index (κ3) is 5.07. The molecule has 1 saturated heterocycles. The molecule has 2 aromatic rings. The second-order valence-electron chi connectivity index (χ2n) is 9.05. The van der Waals surface area contributed by atoms with Gasteiger partial charge in [-0.1, -0.05) is 55.5 Å². The maximum Gasteiger partial charge on any atom is 0.407 e. The standard InChI is InChI=1S/C26H30N2O6/c1-16(25(30)31)13-28(2)24(29)17-11-18(33-14-17)12-27-26(32)34-15-23-21-9-5-3-7-19(21)20-8-4-6-10-22(20)23/h3-10,16-18,23H,11-15H2,1-2H3,(H,27,32)(H,30,31). The van der Waals surface area contributed by atoms with Crippen LogP contribution in [-0.2, 0) is 19.1 Å². The van der Waals surface area contributed by atoms with E-state index in [1.54, 1.807) is 14.0 Å². The summed E-state index contributed by atoms with van der Waals surface area (Å²) in [4.78, 5) is 37.4. The summed E-state index contributed by atoms with van der Waals surface area (Å²) in [6.45, 7) is 2.45. The second kappa shape index (κ2) is 10.3. The summed E-state index contributed by atoms with van der Waals surface area (Å²) < 4.78 is 11.2. The highest BCUT2D eigenvalue weighted by molar-refractivity contribution is 5.80. The van der Waals surface area contributed by atoms with Crippen LogP contribution < -0.4 is 5.32 Å². The molecule has 1 aliphatic heterocycles. The number of nitrogens with zero attached hydrogens (tertiary/aromatic N) is 1. The van der Waals surface area contributed by atoms with Crippen molar-refractivity contribution in [2.24, 2.45) is 11.8 Å². The lowest BCUT2D eigenvalue weighted by atomic mass is 9.98. The summed E-state index contributed by atoms with van der Waals surface area (Å²) in [5, 5.41) is 11.8. The Labute approximate surface area is 198 Å². The van der Waals surface area contributed by atoms with E-state index >= 15 is 0 Å². The van der Waals surface area contributed by atoms with Gasteiger partial charge in [0.1, 0.15) is 6.61 Å². The van der Waals surface area contributed by atoms with Crippen LogP contribution in [0.1, 0.15) is 30.4 Å². The number of carbonyl (C=O) groups excluding carboxylic acids is 2. The van der Waals surface area contributed by atoms with Gasteiger partial charge < -0.3 is 24.8 Å². The van der Waals surface area contributed by atoms with E-state index in [1.165, 1.54) is 16.0 Å². The van der Waals surface area contributed by atoms with Crippen LogP contribution in [0.3, 0.4) is 0 Å². The predicted octanol–water partition coefficient (Wildman–Crippen LogP) is 3.11. The van der Waals surface area contributed by atoms with Gasteiger partial charge in [-0.2, -0.15) is 0 Å². The molecule has 0 bridgehead atoms. The first kappa shape index (κ1) is 23.8. The molecule has 0 radical (unpaired) electrons. The Morgan fingerprint density at radius 3 is 2.35 bits per heavy atom. The molecule has 0 spiro atoms. The Morgan fingerprint density at radius 1 is 1.12 bits per heavy atom. The van der Waals surface area contributed by atoms with Gasteiger partial charge in [-0.25, -0.2) is 4.79 Å². The molecule has 180 valence electrons. The number of carboxylic acids is 1. The molecule has 3 atom stereocenters. The SMILES string of the molecule is CC(CN(C)C(=O)C1COC(CNC(=O)OCC2c3ccccc3-c3ccccc32)C1)C(=O)O. The van der Waals surface area contributed by atoms with Crippen molar-refractivity contribution in [3.05, 3.63) is 59.7 Å². The molecule has 1 fully saturated rings. The zero-order valence-electron chi connectivity index (χ0n) is 19.4. The lowest BCUT2D eigenvalue weighted by Crippen LogP contribution is -2.38. The van der Waals surface area contributed by atoms with Gasteiger partial charge in [0, 0.05) is 26.1 Å². The van der Waals surface area contributed by atoms with Crippen molar-refractivity contribution in [2.45, 2.75) is 25.4 Å². The lowest BCUT2D eigenvalue weighted by Gasteiger charge is -2.22. The van der Waals surface area contributed by atoms with E-state index in [9.17, 15) is 14.4 Å². The minimum atomic E-state index is -0.938. The largest absolute Gasteiger partial charge is 0.481 e. The monoisotopic (exact) mass is 466 g/mol. The number of alkyl carbamates (subject to hydrolysis) is 1. The average molecular weight is 467 g/mol. The van der Waals surface area contributed by atoms with Crippen molar-refractivity contribution in [3.8, 4) is 11.1 Å². The van der Waals surface area contributed by atoms with Crippen molar-refractivity contribution in [1.29, 1.82) is 0 Å². The molecule has 0 saturated carbocycles. The van der Waals surface area contributed by atoms with E-state index in [0.717, 1.165) is 11.1 Å². The molecule has 34 heavy (non-hydrogen) atoms. The molecule has 8 heteroatoms. The highest BCUT2D eigenvalue weighted by Crippen LogP contribution is 2.44. The lowest BCUT2D eigenvalue weighted by molar-refractivity contribution is -0.143. The maximum absolute atomic E-state index is 12.6. The first-order valence-electron chi connectivity index (χ1n) is 11.5. The van der Waals surface area contributed by atoms with E-state index < -0.39 is 18.0 Å². The molecule has 2 amide bonds.